The zero-order valence-corrected chi connectivity index (χ0v) is 12.0. The Morgan fingerprint density at radius 1 is 1.28 bits per heavy atom. The van der Waals surface area contributed by atoms with Gasteiger partial charge >= 0.3 is 0 Å². The van der Waals surface area contributed by atoms with Crippen LogP contribution in [0.1, 0.15) is 26.7 Å². The first-order valence-corrected chi connectivity index (χ1v) is 7.42. The number of rotatable bonds is 7. The van der Waals surface area contributed by atoms with Gasteiger partial charge in [0.1, 0.15) is 0 Å². The summed E-state index contributed by atoms with van der Waals surface area (Å²) in [4.78, 5) is 14.8. The van der Waals surface area contributed by atoms with Gasteiger partial charge < -0.3 is 10.6 Å². The summed E-state index contributed by atoms with van der Waals surface area (Å²) < 4.78 is 0. The fourth-order valence-electron chi connectivity index (χ4n) is 1.75. The molecule has 0 aromatic heterocycles. The molecule has 100 valence electrons. The molecule has 0 fully saturated rings. The molecule has 3 nitrogen and oxygen atoms in total. The number of carbonyl (C=O) groups excluding carboxylic acids is 1. The fraction of sp³-hybridized carbons (Fsp3) is 0.500. The first kappa shape index (κ1) is 14.9. The molecule has 0 aliphatic heterocycles. The molecule has 0 saturated carbocycles. The van der Waals surface area contributed by atoms with E-state index in [1.54, 1.807) is 11.8 Å². The van der Waals surface area contributed by atoms with Gasteiger partial charge in [-0.15, -0.1) is 11.8 Å². The monoisotopic (exact) mass is 266 g/mol. The normalized spacial score (nSPS) is 10.3. The van der Waals surface area contributed by atoms with Gasteiger partial charge in [0.15, 0.2) is 0 Å². The van der Waals surface area contributed by atoms with E-state index < -0.39 is 0 Å². The number of nitrogens with zero attached hydrogens (tertiary/aromatic N) is 1. The molecule has 1 aromatic carbocycles. The summed E-state index contributed by atoms with van der Waals surface area (Å²) in [6.07, 6.45) is 1.52. The number of nitrogens with two attached hydrogens (primary N) is 1. The second-order valence-corrected chi connectivity index (χ2v) is 5.19. The third-order valence-corrected chi connectivity index (χ3v) is 4.00. The molecule has 1 rings (SSSR count). The van der Waals surface area contributed by atoms with Gasteiger partial charge in [0.2, 0.25) is 5.91 Å². The number of para-hydroxylation sites is 1. The van der Waals surface area contributed by atoms with Gasteiger partial charge in [-0.3, -0.25) is 4.79 Å². The van der Waals surface area contributed by atoms with Gasteiger partial charge in [-0.25, -0.2) is 0 Å². The first-order valence-electron chi connectivity index (χ1n) is 6.44. The van der Waals surface area contributed by atoms with E-state index in [1.807, 2.05) is 43.0 Å². The second-order valence-electron chi connectivity index (χ2n) is 4.06. The summed E-state index contributed by atoms with van der Waals surface area (Å²) in [6.45, 7) is 5.63. The summed E-state index contributed by atoms with van der Waals surface area (Å²) in [5.74, 6) is 1.18. The minimum absolute atomic E-state index is 0.252. The van der Waals surface area contributed by atoms with Crippen LogP contribution in [0.25, 0.3) is 0 Å². The average molecular weight is 266 g/mol. The predicted octanol–water partition coefficient (Wildman–Crippen LogP) is 3.01. The molecule has 0 unspecified atom stereocenters. The van der Waals surface area contributed by atoms with Crippen LogP contribution in [-0.2, 0) is 4.79 Å². The van der Waals surface area contributed by atoms with E-state index in [0.717, 1.165) is 35.8 Å². The number of amides is 1. The van der Waals surface area contributed by atoms with Gasteiger partial charge in [-0.2, -0.15) is 0 Å². The van der Waals surface area contributed by atoms with Gasteiger partial charge in [0, 0.05) is 30.1 Å². The Bertz CT molecular complexity index is 378. The highest BCUT2D eigenvalue weighted by Gasteiger charge is 2.08. The summed E-state index contributed by atoms with van der Waals surface area (Å²) in [5, 5.41) is 0. The molecule has 2 N–H and O–H groups in total. The van der Waals surface area contributed by atoms with E-state index in [0.29, 0.717) is 6.42 Å². The van der Waals surface area contributed by atoms with Crippen molar-refractivity contribution >= 4 is 23.4 Å². The number of hydrogen-bond acceptors (Lipinski definition) is 3. The van der Waals surface area contributed by atoms with E-state index in [4.69, 9.17) is 5.73 Å². The number of thioether (sulfide) groups is 1. The SMILES string of the molecule is CCN(CC)C(=O)CCCSc1ccccc1N. The molecule has 0 heterocycles. The van der Waals surface area contributed by atoms with Crippen LogP contribution in [0.15, 0.2) is 29.2 Å². The molecular weight excluding hydrogens is 244 g/mol. The van der Waals surface area contributed by atoms with E-state index in [9.17, 15) is 4.79 Å². The molecular formula is C14H22N2OS. The Kier molecular flexibility index (Phi) is 6.65. The van der Waals surface area contributed by atoms with Crippen molar-refractivity contribution in [1.29, 1.82) is 0 Å². The highest BCUT2D eigenvalue weighted by atomic mass is 32.2. The molecule has 0 aliphatic rings. The van der Waals surface area contributed by atoms with Crippen molar-refractivity contribution in [3.05, 3.63) is 24.3 Å². The van der Waals surface area contributed by atoms with Crippen molar-refractivity contribution < 1.29 is 4.79 Å². The molecule has 0 saturated heterocycles. The van der Waals surface area contributed by atoms with Crippen molar-refractivity contribution in [2.24, 2.45) is 0 Å². The molecule has 0 aliphatic carbocycles. The van der Waals surface area contributed by atoms with Crippen LogP contribution < -0.4 is 5.73 Å². The van der Waals surface area contributed by atoms with Crippen molar-refractivity contribution in [3.8, 4) is 0 Å². The number of hydrogen-bond donors (Lipinski definition) is 1. The Morgan fingerprint density at radius 3 is 2.56 bits per heavy atom. The maximum absolute atomic E-state index is 11.8. The lowest BCUT2D eigenvalue weighted by Crippen LogP contribution is -2.30. The Balaban J connectivity index is 2.27. The molecule has 0 atom stereocenters. The number of anilines is 1. The van der Waals surface area contributed by atoms with Crippen molar-refractivity contribution in [3.63, 3.8) is 0 Å². The van der Waals surface area contributed by atoms with Gasteiger partial charge in [0.05, 0.1) is 0 Å². The Morgan fingerprint density at radius 2 is 1.94 bits per heavy atom. The van der Waals surface area contributed by atoms with Crippen LogP contribution in [0.5, 0.6) is 0 Å². The summed E-state index contributed by atoms with van der Waals surface area (Å²) in [7, 11) is 0. The van der Waals surface area contributed by atoms with E-state index >= 15 is 0 Å². The number of nitrogen functional groups attached to an aromatic ring is 1. The smallest absolute Gasteiger partial charge is 0.222 e. The quantitative estimate of drug-likeness (QED) is 0.469. The van der Waals surface area contributed by atoms with Crippen molar-refractivity contribution in [1.82, 2.24) is 4.90 Å². The largest absolute Gasteiger partial charge is 0.398 e. The molecule has 0 radical (unpaired) electrons. The molecule has 0 spiro atoms. The highest BCUT2D eigenvalue weighted by molar-refractivity contribution is 7.99. The lowest BCUT2D eigenvalue weighted by atomic mass is 10.3. The first-order chi connectivity index (χ1) is 8.69. The van der Waals surface area contributed by atoms with Crippen LogP contribution >= 0.6 is 11.8 Å². The van der Waals surface area contributed by atoms with Gasteiger partial charge in [-0.05, 0) is 38.2 Å². The minimum Gasteiger partial charge on any atom is -0.398 e. The van der Waals surface area contributed by atoms with Crippen LogP contribution in [0.2, 0.25) is 0 Å². The molecule has 18 heavy (non-hydrogen) atoms. The highest BCUT2D eigenvalue weighted by Crippen LogP contribution is 2.25. The number of carbonyl (C=O) groups is 1. The average Bonchev–Trinajstić information content (AvgIpc) is 2.38. The molecule has 1 amide bonds. The Labute approximate surface area is 114 Å². The van der Waals surface area contributed by atoms with Gasteiger partial charge in [-0.1, -0.05) is 12.1 Å². The topological polar surface area (TPSA) is 46.3 Å². The van der Waals surface area contributed by atoms with Gasteiger partial charge in [0.25, 0.3) is 0 Å². The standard InChI is InChI=1S/C14H22N2OS/c1-3-16(4-2)14(17)10-7-11-18-13-9-6-5-8-12(13)15/h5-6,8-9H,3-4,7,10-11,15H2,1-2H3. The zero-order valence-electron chi connectivity index (χ0n) is 11.2. The summed E-state index contributed by atoms with van der Waals surface area (Å²) in [6, 6.07) is 7.85. The Hall–Kier alpha value is -1.16. The zero-order chi connectivity index (χ0) is 13.4. The van der Waals surface area contributed by atoms with Crippen LogP contribution in [-0.4, -0.2) is 29.6 Å². The third kappa shape index (κ3) is 4.61. The van der Waals surface area contributed by atoms with E-state index in [-0.39, 0.29) is 5.91 Å². The fourth-order valence-corrected chi connectivity index (χ4v) is 2.67. The number of benzene rings is 1. The van der Waals surface area contributed by atoms with Crippen LogP contribution in [0, 0.1) is 0 Å². The maximum atomic E-state index is 11.8. The lowest BCUT2D eigenvalue weighted by Gasteiger charge is -2.18. The van der Waals surface area contributed by atoms with E-state index in [1.165, 1.54) is 0 Å². The summed E-state index contributed by atoms with van der Waals surface area (Å²) in [5.41, 5.74) is 6.68. The van der Waals surface area contributed by atoms with Crippen molar-refractivity contribution in [2.75, 3.05) is 24.6 Å². The molecule has 4 heteroatoms. The lowest BCUT2D eigenvalue weighted by molar-refractivity contribution is -0.130. The van der Waals surface area contributed by atoms with Crippen LogP contribution in [0.3, 0.4) is 0 Å². The minimum atomic E-state index is 0.252. The van der Waals surface area contributed by atoms with E-state index in [2.05, 4.69) is 0 Å². The third-order valence-electron chi connectivity index (χ3n) is 2.83. The van der Waals surface area contributed by atoms with Crippen LogP contribution in [0.4, 0.5) is 5.69 Å². The maximum Gasteiger partial charge on any atom is 0.222 e. The predicted molar refractivity (Wildman–Crippen MR) is 78.7 cm³/mol. The molecule has 0 bridgehead atoms. The van der Waals surface area contributed by atoms with Crippen molar-refractivity contribution in [2.45, 2.75) is 31.6 Å². The summed E-state index contributed by atoms with van der Waals surface area (Å²) >= 11 is 1.72. The second kappa shape index (κ2) is 8.03. The molecule has 1 aromatic rings.